The Hall–Kier alpha value is -4.17. The summed E-state index contributed by atoms with van der Waals surface area (Å²) in [7, 11) is 1.85. The fourth-order valence-electron chi connectivity index (χ4n) is 4.82. The highest BCUT2D eigenvalue weighted by molar-refractivity contribution is 6.30. The molecule has 5 aromatic rings. The summed E-state index contributed by atoms with van der Waals surface area (Å²) in [6.45, 7) is 0.456. The highest BCUT2D eigenvalue weighted by atomic mass is 35.5. The number of carboxylic acids is 1. The molecule has 1 aliphatic carbocycles. The third-order valence-corrected chi connectivity index (χ3v) is 7.01. The van der Waals surface area contributed by atoms with Gasteiger partial charge in [-0.15, -0.1) is 0 Å². The summed E-state index contributed by atoms with van der Waals surface area (Å²) in [4.78, 5) is 25.0. The highest BCUT2D eigenvalue weighted by Gasteiger charge is 2.46. The number of nitrogens with zero attached hydrogens (tertiary/aromatic N) is 4. The summed E-state index contributed by atoms with van der Waals surface area (Å²) in [5.74, 6) is -1.20. The zero-order valence-electron chi connectivity index (χ0n) is 19.4. The quantitative estimate of drug-likeness (QED) is 0.351. The lowest BCUT2D eigenvalue weighted by atomic mass is 10.0. The van der Waals surface area contributed by atoms with Crippen molar-refractivity contribution in [1.82, 2.24) is 24.9 Å². The van der Waals surface area contributed by atoms with Gasteiger partial charge in [0.05, 0.1) is 40.4 Å². The molecule has 2 heterocycles. The summed E-state index contributed by atoms with van der Waals surface area (Å²) in [6.07, 6.45) is 5.26. The number of hydrogen-bond donors (Lipinski definition) is 2. The van der Waals surface area contributed by atoms with Gasteiger partial charge in [0.25, 0.3) is 5.91 Å². The number of hydrogen-bond acceptors (Lipinski definition) is 4. The summed E-state index contributed by atoms with van der Waals surface area (Å²) in [5, 5.41) is 24.0. The number of aromatic nitrogens is 4. The van der Waals surface area contributed by atoms with E-state index in [1.54, 1.807) is 35.1 Å². The molecule has 1 saturated carbocycles. The smallest absolute Gasteiger partial charge is 0.335 e. The van der Waals surface area contributed by atoms with Gasteiger partial charge in [-0.25, -0.2) is 4.79 Å². The second-order valence-electron chi connectivity index (χ2n) is 9.27. The number of aryl methyl sites for hydroxylation is 1. The van der Waals surface area contributed by atoms with Crippen LogP contribution < -0.4 is 5.32 Å². The lowest BCUT2D eigenvalue weighted by molar-refractivity contribution is 0.0696. The minimum Gasteiger partial charge on any atom is -0.478 e. The van der Waals surface area contributed by atoms with E-state index in [4.69, 9.17) is 11.6 Å². The molecular weight excluding hydrogens is 478 g/mol. The largest absolute Gasteiger partial charge is 0.478 e. The number of aromatic carboxylic acids is 1. The third-order valence-electron chi connectivity index (χ3n) is 6.78. The number of benzene rings is 3. The number of carboxylic acid groups (broad SMARTS) is 1. The Labute approximate surface area is 211 Å². The number of carbonyl (C=O) groups is 2. The van der Waals surface area contributed by atoms with E-state index in [0.29, 0.717) is 22.6 Å². The van der Waals surface area contributed by atoms with Gasteiger partial charge in [-0.2, -0.15) is 10.2 Å². The van der Waals surface area contributed by atoms with E-state index in [1.807, 2.05) is 48.3 Å². The topological polar surface area (TPSA) is 102 Å². The Morgan fingerprint density at radius 1 is 1.11 bits per heavy atom. The first-order valence-electron chi connectivity index (χ1n) is 11.6. The van der Waals surface area contributed by atoms with E-state index in [9.17, 15) is 14.7 Å². The molecule has 1 amide bonds. The second kappa shape index (κ2) is 8.20. The number of nitrogens with one attached hydrogen (secondary N) is 1. The monoisotopic (exact) mass is 499 g/mol. The maximum Gasteiger partial charge on any atom is 0.335 e. The van der Waals surface area contributed by atoms with E-state index >= 15 is 0 Å². The molecule has 6 rings (SSSR count). The summed E-state index contributed by atoms with van der Waals surface area (Å²) in [6, 6.07) is 16.1. The van der Waals surface area contributed by atoms with Crippen molar-refractivity contribution in [2.45, 2.75) is 24.9 Å². The maximum absolute atomic E-state index is 13.8. The molecule has 3 aromatic carbocycles. The highest BCUT2D eigenvalue weighted by Crippen LogP contribution is 2.46. The zero-order valence-corrected chi connectivity index (χ0v) is 20.2. The number of amides is 1. The van der Waals surface area contributed by atoms with Crippen LogP contribution in [0.25, 0.3) is 21.8 Å². The van der Waals surface area contributed by atoms with Gasteiger partial charge in [0.15, 0.2) is 0 Å². The van der Waals surface area contributed by atoms with Gasteiger partial charge in [-0.1, -0.05) is 35.9 Å². The number of halogens is 1. The van der Waals surface area contributed by atoms with Crippen LogP contribution in [0.3, 0.4) is 0 Å². The number of carbonyl (C=O) groups excluding carboxylic acids is 1. The SMILES string of the molecule is Cn1cc2c(cc(C(=O)NC3(c4ccc(C(=O)O)cc4)CC3)c3c2cnn3Cc2cccc(Cl)c2)n1. The van der Waals surface area contributed by atoms with Crippen LogP contribution in [0.4, 0.5) is 0 Å². The van der Waals surface area contributed by atoms with E-state index in [0.717, 1.165) is 40.3 Å². The van der Waals surface area contributed by atoms with Crippen molar-refractivity contribution in [2.75, 3.05) is 0 Å². The van der Waals surface area contributed by atoms with Crippen molar-refractivity contribution in [3.05, 3.63) is 94.3 Å². The van der Waals surface area contributed by atoms with Crippen LogP contribution >= 0.6 is 11.6 Å². The molecule has 9 heteroatoms. The van der Waals surface area contributed by atoms with Crippen LogP contribution in [-0.2, 0) is 19.1 Å². The third kappa shape index (κ3) is 3.79. The van der Waals surface area contributed by atoms with Crippen molar-refractivity contribution in [1.29, 1.82) is 0 Å². The molecule has 0 unspecified atom stereocenters. The van der Waals surface area contributed by atoms with Crippen molar-refractivity contribution < 1.29 is 14.7 Å². The normalized spacial score (nSPS) is 14.3. The van der Waals surface area contributed by atoms with Crippen molar-refractivity contribution in [3.63, 3.8) is 0 Å². The van der Waals surface area contributed by atoms with Crippen molar-refractivity contribution in [3.8, 4) is 0 Å². The van der Waals surface area contributed by atoms with E-state index in [-0.39, 0.29) is 11.5 Å². The van der Waals surface area contributed by atoms with Gasteiger partial charge < -0.3 is 10.4 Å². The molecule has 2 N–H and O–H groups in total. The molecule has 0 bridgehead atoms. The first-order chi connectivity index (χ1) is 17.3. The Kier molecular flexibility index (Phi) is 5.08. The lowest BCUT2D eigenvalue weighted by Crippen LogP contribution is -2.35. The minimum atomic E-state index is -0.977. The van der Waals surface area contributed by atoms with Gasteiger partial charge in [0.1, 0.15) is 0 Å². The Morgan fingerprint density at radius 3 is 2.58 bits per heavy atom. The molecule has 0 saturated heterocycles. The molecule has 1 fully saturated rings. The average Bonchev–Trinajstić information content (AvgIpc) is 3.35. The Bertz CT molecular complexity index is 1660. The van der Waals surface area contributed by atoms with Crippen LogP contribution in [0.5, 0.6) is 0 Å². The molecule has 1 aliphatic rings. The summed E-state index contributed by atoms with van der Waals surface area (Å²) >= 11 is 6.19. The second-order valence-corrected chi connectivity index (χ2v) is 9.71. The van der Waals surface area contributed by atoms with E-state index < -0.39 is 11.5 Å². The number of fused-ring (bicyclic) bond motifs is 3. The molecule has 0 atom stereocenters. The predicted molar refractivity (Wildman–Crippen MR) is 136 cm³/mol. The molecule has 0 aliphatic heterocycles. The van der Waals surface area contributed by atoms with E-state index in [1.165, 1.54) is 0 Å². The Balaban J connectivity index is 1.42. The van der Waals surface area contributed by atoms with Crippen LogP contribution in [-0.4, -0.2) is 36.5 Å². The molecule has 180 valence electrons. The lowest BCUT2D eigenvalue weighted by Gasteiger charge is -2.19. The van der Waals surface area contributed by atoms with Crippen LogP contribution in [0.15, 0.2) is 67.0 Å². The fraction of sp³-hybridized carbons (Fsp3) is 0.185. The van der Waals surface area contributed by atoms with Gasteiger partial charge in [0, 0.05) is 29.0 Å². The van der Waals surface area contributed by atoms with E-state index in [2.05, 4.69) is 15.5 Å². The molecule has 0 spiro atoms. The van der Waals surface area contributed by atoms with Crippen LogP contribution in [0.2, 0.25) is 5.02 Å². The molecular formula is C27H22ClN5O3. The van der Waals surface area contributed by atoms with Crippen LogP contribution in [0, 0.1) is 0 Å². The molecule has 0 radical (unpaired) electrons. The van der Waals surface area contributed by atoms with Gasteiger partial charge >= 0.3 is 5.97 Å². The van der Waals surface area contributed by atoms with Crippen LogP contribution in [0.1, 0.15) is 44.7 Å². The number of rotatable bonds is 6. The summed E-state index contributed by atoms with van der Waals surface area (Å²) in [5.41, 5.74) is 3.50. The van der Waals surface area contributed by atoms with Crippen molar-refractivity contribution >= 4 is 45.3 Å². The first-order valence-corrected chi connectivity index (χ1v) is 11.9. The fourth-order valence-corrected chi connectivity index (χ4v) is 5.03. The molecule has 2 aromatic heterocycles. The maximum atomic E-state index is 13.8. The minimum absolute atomic E-state index is 0.216. The van der Waals surface area contributed by atoms with Gasteiger partial charge in [-0.3, -0.25) is 14.2 Å². The predicted octanol–water partition coefficient (Wildman–Crippen LogP) is 4.74. The van der Waals surface area contributed by atoms with Crippen molar-refractivity contribution in [2.24, 2.45) is 7.05 Å². The first kappa shape index (κ1) is 22.3. The van der Waals surface area contributed by atoms with Gasteiger partial charge in [0.2, 0.25) is 0 Å². The zero-order chi connectivity index (χ0) is 25.0. The summed E-state index contributed by atoms with van der Waals surface area (Å²) < 4.78 is 3.55. The Morgan fingerprint density at radius 2 is 1.89 bits per heavy atom. The molecule has 8 nitrogen and oxygen atoms in total. The standard InChI is InChI=1S/C27H22ClN5O3/c1-32-15-22-21-13-29-33(14-16-3-2-4-19(28)11-16)24(21)20(12-23(22)31-32)25(34)30-27(9-10-27)18-7-5-17(6-8-18)26(35)36/h2-8,11-13,15H,9-10,14H2,1H3,(H,30,34)(H,35,36). The average molecular weight is 500 g/mol. The molecule has 36 heavy (non-hydrogen) atoms. The van der Waals surface area contributed by atoms with Gasteiger partial charge in [-0.05, 0) is 54.3 Å².